The molecule has 1 atom stereocenters. The molecule has 0 amide bonds. The van der Waals surface area contributed by atoms with Gasteiger partial charge in [0.2, 0.25) is 6.73 Å². The van der Waals surface area contributed by atoms with Gasteiger partial charge >= 0.3 is 0 Å². The summed E-state index contributed by atoms with van der Waals surface area (Å²) in [5.74, 6) is 1.82. The van der Waals surface area contributed by atoms with E-state index in [0.717, 1.165) is 46.1 Å². The lowest BCUT2D eigenvalue weighted by Gasteiger charge is -2.26. The average molecular weight is 302 g/mol. The summed E-state index contributed by atoms with van der Waals surface area (Å²) >= 11 is 6.36. The summed E-state index contributed by atoms with van der Waals surface area (Å²) in [5.41, 5.74) is 1.94. The van der Waals surface area contributed by atoms with Crippen LogP contribution in [0.2, 0.25) is 5.02 Å². The van der Waals surface area contributed by atoms with Crippen molar-refractivity contribution in [2.24, 2.45) is 0 Å². The molecule has 1 aliphatic rings. The molecule has 3 aromatic rings. The molecule has 4 rings (SSSR count). The molecule has 1 unspecified atom stereocenters. The first-order valence-electron chi connectivity index (χ1n) is 6.86. The van der Waals surface area contributed by atoms with Gasteiger partial charge in [-0.2, -0.15) is 0 Å². The molecule has 1 aliphatic heterocycles. The summed E-state index contributed by atoms with van der Waals surface area (Å²) in [4.78, 5) is 5.70. The van der Waals surface area contributed by atoms with Crippen LogP contribution >= 0.6 is 11.6 Å². The van der Waals surface area contributed by atoms with Crippen LogP contribution in [0.1, 0.15) is 11.3 Å². The predicted molar refractivity (Wildman–Crippen MR) is 79.3 cm³/mol. The SMILES string of the molecule is Clc1cc2c(c3ncccc13)OC[NH+](Cc1ccco1)C2. The van der Waals surface area contributed by atoms with Gasteiger partial charge in [-0.3, -0.25) is 9.88 Å². The zero-order valence-corrected chi connectivity index (χ0v) is 12.1. The van der Waals surface area contributed by atoms with Gasteiger partial charge in [0, 0.05) is 11.6 Å². The minimum atomic E-state index is 0.598. The fourth-order valence-corrected chi connectivity index (χ4v) is 3.07. The third-order valence-corrected chi connectivity index (χ3v) is 4.05. The smallest absolute Gasteiger partial charge is 0.223 e. The monoisotopic (exact) mass is 301 g/mol. The van der Waals surface area contributed by atoms with Crippen molar-refractivity contribution >= 4 is 22.5 Å². The second-order valence-electron chi connectivity index (χ2n) is 5.22. The normalized spacial score (nSPS) is 17.5. The molecule has 0 radical (unpaired) electrons. The Balaban J connectivity index is 1.69. The first kappa shape index (κ1) is 12.7. The highest BCUT2D eigenvalue weighted by atomic mass is 35.5. The molecule has 1 aromatic carbocycles. The first-order chi connectivity index (χ1) is 10.3. The van der Waals surface area contributed by atoms with Crippen molar-refractivity contribution in [1.82, 2.24) is 4.98 Å². The highest BCUT2D eigenvalue weighted by Crippen LogP contribution is 2.34. The quantitative estimate of drug-likeness (QED) is 0.790. The molecule has 0 saturated heterocycles. The van der Waals surface area contributed by atoms with Gasteiger partial charge in [0.05, 0.1) is 16.8 Å². The van der Waals surface area contributed by atoms with Crippen LogP contribution in [0.15, 0.2) is 47.2 Å². The fourth-order valence-electron chi connectivity index (χ4n) is 2.79. The number of nitrogens with one attached hydrogen (secondary N) is 1. The van der Waals surface area contributed by atoms with Gasteiger partial charge in [-0.1, -0.05) is 11.6 Å². The number of pyridine rings is 1. The van der Waals surface area contributed by atoms with Crippen molar-refractivity contribution in [3.05, 3.63) is 59.1 Å². The van der Waals surface area contributed by atoms with Crippen molar-refractivity contribution < 1.29 is 14.1 Å². The van der Waals surface area contributed by atoms with Crippen LogP contribution in [-0.4, -0.2) is 11.7 Å². The Morgan fingerprint density at radius 1 is 1.29 bits per heavy atom. The van der Waals surface area contributed by atoms with Crippen LogP contribution in [-0.2, 0) is 13.1 Å². The summed E-state index contributed by atoms with van der Waals surface area (Å²) in [5, 5.41) is 1.66. The number of hydrogen-bond acceptors (Lipinski definition) is 3. The van der Waals surface area contributed by atoms with Crippen LogP contribution < -0.4 is 9.64 Å². The summed E-state index contributed by atoms with van der Waals surface area (Å²) in [7, 11) is 0. The second kappa shape index (κ2) is 5.06. The molecule has 0 spiro atoms. The number of halogens is 1. The van der Waals surface area contributed by atoms with Gasteiger partial charge in [0.15, 0.2) is 11.5 Å². The highest BCUT2D eigenvalue weighted by molar-refractivity contribution is 6.35. The van der Waals surface area contributed by atoms with Crippen LogP contribution in [0.25, 0.3) is 10.9 Å². The van der Waals surface area contributed by atoms with E-state index in [1.165, 1.54) is 4.90 Å². The van der Waals surface area contributed by atoms with Crippen LogP contribution in [0, 0.1) is 0 Å². The molecular formula is C16H14ClN2O2+. The molecule has 2 aromatic heterocycles. The zero-order chi connectivity index (χ0) is 14.2. The Morgan fingerprint density at radius 2 is 2.24 bits per heavy atom. The van der Waals surface area contributed by atoms with Gasteiger partial charge in [0.1, 0.15) is 18.6 Å². The summed E-state index contributed by atoms with van der Waals surface area (Å²) in [6.07, 6.45) is 3.46. The molecule has 3 heterocycles. The number of nitrogens with zero attached hydrogens (tertiary/aromatic N) is 1. The number of aromatic nitrogens is 1. The first-order valence-corrected chi connectivity index (χ1v) is 7.24. The van der Waals surface area contributed by atoms with E-state index < -0.39 is 0 Å². The Kier molecular flexibility index (Phi) is 3.05. The zero-order valence-electron chi connectivity index (χ0n) is 11.3. The Morgan fingerprint density at radius 3 is 3.10 bits per heavy atom. The molecule has 0 bridgehead atoms. The number of benzene rings is 1. The topological polar surface area (TPSA) is 39.7 Å². The molecule has 21 heavy (non-hydrogen) atoms. The number of fused-ring (bicyclic) bond motifs is 3. The van der Waals surface area contributed by atoms with Crippen molar-refractivity contribution in [2.75, 3.05) is 6.73 Å². The summed E-state index contributed by atoms with van der Waals surface area (Å²) in [6.45, 7) is 2.24. The number of quaternary nitrogens is 1. The summed E-state index contributed by atoms with van der Waals surface area (Å²) in [6, 6.07) is 9.73. The van der Waals surface area contributed by atoms with Gasteiger partial charge in [-0.15, -0.1) is 0 Å². The van der Waals surface area contributed by atoms with Crippen molar-refractivity contribution in [2.45, 2.75) is 13.1 Å². The van der Waals surface area contributed by atoms with E-state index in [1.807, 2.05) is 30.3 Å². The minimum absolute atomic E-state index is 0.598. The average Bonchev–Trinajstić information content (AvgIpc) is 3.00. The Hall–Kier alpha value is -2.04. The molecule has 1 N–H and O–H groups in total. The number of rotatable bonds is 2. The molecule has 4 nitrogen and oxygen atoms in total. The molecular weight excluding hydrogens is 288 g/mol. The number of hydrogen-bond donors (Lipinski definition) is 1. The lowest BCUT2D eigenvalue weighted by Crippen LogP contribution is -3.10. The van der Waals surface area contributed by atoms with E-state index >= 15 is 0 Å². The molecule has 0 fully saturated rings. The second-order valence-corrected chi connectivity index (χ2v) is 5.62. The Bertz CT molecular complexity index is 786. The van der Waals surface area contributed by atoms with E-state index in [-0.39, 0.29) is 0 Å². The van der Waals surface area contributed by atoms with E-state index in [4.69, 9.17) is 20.8 Å². The van der Waals surface area contributed by atoms with Gasteiger partial charge in [0.25, 0.3) is 0 Å². The van der Waals surface area contributed by atoms with Crippen LogP contribution in [0.4, 0.5) is 0 Å². The lowest BCUT2D eigenvalue weighted by atomic mass is 10.1. The summed E-state index contributed by atoms with van der Waals surface area (Å²) < 4.78 is 11.4. The van der Waals surface area contributed by atoms with Gasteiger partial charge < -0.3 is 9.15 Å². The number of ether oxygens (including phenoxy) is 1. The van der Waals surface area contributed by atoms with Crippen LogP contribution in [0.5, 0.6) is 5.75 Å². The standard InChI is InChI=1S/C16H13ClN2O2/c17-14-7-11-8-19(9-12-3-2-6-20-12)10-21-16(11)15-13(14)4-1-5-18-15/h1-7H,8-10H2/p+1. The molecule has 106 valence electrons. The van der Waals surface area contributed by atoms with Crippen LogP contribution in [0.3, 0.4) is 0 Å². The van der Waals surface area contributed by atoms with Gasteiger partial charge in [-0.05, 0) is 30.3 Å². The third kappa shape index (κ3) is 2.26. The fraction of sp³-hybridized carbons (Fsp3) is 0.188. The number of furan rings is 1. The van der Waals surface area contributed by atoms with Crippen molar-refractivity contribution in [3.63, 3.8) is 0 Å². The molecule has 5 heteroatoms. The highest BCUT2D eigenvalue weighted by Gasteiger charge is 2.25. The van der Waals surface area contributed by atoms with E-state index in [1.54, 1.807) is 12.5 Å². The maximum absolute atomic E-state index is 6.36. The minimum Gasteiger partial charge on any atom is -0.463 e. The maximum atomic E-state index is 6.36. The van der Waals surface area contributed by atoms with E-state index in [9.17, 15) is 0 Å². The van der Waals surface area contributed by atoms with E-state index in [0.29, 0.717) is 6.73 Å². The van der Waals surface area contributed by atoms with Gasteiger partial charge in [-0.25, -0.2) is 0 Å². The van der Waals surface area contributed by atoms with Crippen molar-refractivity contribution in [3.8, 4) is 5.75 Å². The predicted octanol–water partition coefficient (Wildman–Crippen LogP) is 2.42. The third-order valence-electron chi connectivity index (χ3n) is 3.74. The Labute approximate surface area is 126 Å². The maximum Gasteiger partial charge on any atom is 0.223 e. The molecule has 0 aliphatic carbocycles. The van der Waals surface area contributed by atoms with E-state index in [2.05, 4.69) is 4.98 Å². The lowest BCUT2D eigenvalue weighted by molar-refractivity contribution is -0.946. The largest absolute Gasteiger partial charge is 0.463 e. The van der Waals surface area contributed by atoms with Crippen molar-refractivity contribution in [1.29, 1.82) is 0 Å². The molecule has 0 saturated carbocycles.